The van der Waals surface area contributed by atoms with Crippen LogP contribution in [-0.2, 0) is 16.1 Å². The van der Waals surface area contributed by atoms with Gasteiger partial charge in [0.2, 0.25) is 5.91 Å². The smallest absolute Gasteiger partial charge is 0.226 e. The molecule has 1 aromatic heterocycles. The van der Waals surface area contributed by atoms with Gasteiger partial charge in [0.15, 0.2) is 0 Å². The number of aromatic nitrogens is 2. The summed E-state index contributed by atoms with van der Waals surface area (Å²) in [6.07, 6.45) is 10.3. The number of amides is 1. The molecule has 0 unspecified atom stereocenters. The van der Waals surface area contributed by atoms with Crippen molar-refractivity contribution in [1.82, 2.24) is 14.5 Å². The van der Waals surface area contributed by atoms with Crippen LogP contribution in [0.15, 0.2) is 18.3 Å². The van der Waals surface area contributed by atoms with Crippen molar-refractivity contribution in [3.8, 4) is 0 Å². The zero-order valence-corrected chi connectivity index (χ0v) is 14.5. The SMILES string of the molecule is Cc1cnc(C2CCOCC2)n1CC1CN(C(=O)C2CC=CC2)C1. The molecule has 5 nitrogen and oxygen atoms in total. The number of likely N-dealkylation sites (tertiary alicyclic amines) is 1. The summed E-state index contributed by atoms with van der Waals surface area (Å²) in [5.41, 5.74) is 1.24. The zero-order chi connectivity index (χ0) is 16.5. The second-order valence-electron chi connectivity index (χ2n) is 7.50. The third-order valence-corrected chi connectivity index (χ3v) is 5.74. The number of hydrogen-bond acceptors (Lipinski definition) is 3. The Labute approximate surface area is 143 Å². The van der Waals surface area contributed by atoms with E-state index >= 15 is 0 Å². The highest BCUT2D eigenvalue weighted by atomic mass is 16.5. The molecule has 130 valence electrons. The lowest BCUT2D eigenvalue weighted by molar-refractivity contribution is -0.142. The van der Waals surface area contributed by atoms with Gasteiger partial charge in [-0.3, -0.25) is 4.79 Å². The fraction of sp³-hybridized carbons (Fsp3) is 0.684. The first-order valence-electron chi connectivity index (χ1n) is 9.26. The lowest BCUT2D eigenvalue weighted by atomic mass is 9.95. The summed E-state index contributed by atoms with van der Waals surface area (Å²) in [5.74, 6) is 2.87. The molecule has 2 saturated heterocycles. The Morgan fingerprint density at radius 2 is 1.96 bits per heavy atom. The molecule has 4 rings (SSSR count). The number of hydrogen-bond donors (Lipinski definition) is 0. The van der Waals surface area contributed by atoms with Crippen LogP contribution in [0.1, 0.15) is 43.1 Å². The van der Waals surface area contributed by atoms with Crippen molar-refractivity contribution in [2.24, 2.45) is 11.8 Å². The summed E-state index contributed by atoms with van der Waals surface area (Å²) in [6.45, 7) is 6.63. The van der Waals surface area contributed by atoms with Crippen molar-refractivity contribution in [2.75, 3.05) is 26.3 Å². The number of aryl methyl sites for hydroxylation is 1. The molecule has 5 heteroatoms. The van der Waals surface area contributed by atoms with Gasteiger partial charge >= 0.3 is 0 Å². The zero-order valence-electron chi connectivity index (χ0n) is 14.5. The Morgan fingerprint density at radius 1 is 1.25 bits per heavy atom. The highest BCUT2D eigenvalue weighted by Crippen LogP contribution is 2.30. The summed E-state index contributed by atoms with van der Waals surface area (Å²) in [6, 6.07) is 0. The Bertz CT molecular complexity index is 617. The number of carbonyl (C=O) groups excluding carboxylic acids is 1. The molecular weight excluding hydrogens is 302 g/mol. The fourth-order valence-electron chi connectivity index (χ4n) is 4.20. The summed E-state index contributed by atoms with van der Waals surface area (Å²) >= 11 is 0. The topological polar surface area (TPSA) is 47.4 Å². The lowest BCUT2D eigenvalue weighted by Gasteiger charge is -2.41. The van der Waals surface area contributed by atoms with Gasteiger partial charge in [0.25, 0.3) is 0 Å². The van der Waals surface area contributed by atoms with E-state index in [1.54, 1.807) is 0 Å². The van der Waals surface area contributed by atoms with Gasteiger partial charge in [0.1, 0.15) is 5.82 Å². The van der Waals surface area contributed by atoms with E-state index in [2.05, 4.69) is 28.6 Å². The normalized spacial score (nSPS) is 23.0. The molecule has 2 aliphatic heterocycles. The summed E-state index contributed by atoms with van der Waals surface area (Å²) in [5, 5.41) is 0. The molecule has 3 heterocycles. The molecule has 0 spiro atoms. The van der Waals surface area contributed by atoms with Crippen molar-refractivity contribution in [2.45, 2.75) is 45.1 Å². The van der Waals surface area contributed by atoms with Crippen LogP contribution in [0.5, 0.6) is 0 Å². The summed E-state index contributed by atoms with van der Waals surface area (Å²) in [4.78, 5) is 19.1. The first-order chi connectivity index (χ1) is 11.7. The number of nitrogens with zero attached hydrogens (tertiary/aromatic N) is 3. The van der Waals surface area contributed by atoms with E-state index in [1.165, 1.54) is 11.5 Å². The van der Waals surface area contributed by atoms with E-state index in [4.69, 9.17) is 4.74 Å². The van der Waals surface area contributed by atoms with Crippen molar-refractivity contribution in [1.29, 1.82) is 0 Å². The monoisotopic (exact) mass is 329 g/mol. The molecular formula is C19H27N3O2. The number of ether oxygens (including phenoxy) is 1. The lowest BCUT2D eigenvalue weighted by Crippen LogP contribution is -2.53. The molecule has 0 bridgehead atoms. The molecule has 1 amide bonds. The highest BCUT2D eigenvalue weighted by molar-refractivity contribution is 5.80. The van der Waals surface area contributed by atoms with Crippen molar-refractivity contribution in [3.63, 3.8) is 0 Å². The molecule has 0 saturated carbocycles. The van der Waals surface area contributed by atoms with Gasteiger partial charge in [-0.05, 0) is 32.6 Å². The van der Waals surface area contributed by atoms with Gasteiger partial charge in [-0.2, -0.15) is 0 Å². The minimum Gasteiger partial charge on any atom is -0.381 e. The Balaban J connectivity index is 1.35. The molecule has 24 heavy (non-hydrogen) atoms. The van der Waals surface area contributed by atoms with Crippen molar-refractivity contribution < 1.29 is 9.53 Å². The van der Waals surface area contributed by atoms with Gasteiger partial charge in [-0.1, -0.05) is 12.2 Å². The minimum atomic E-state index is 0.207. The summed E-state index contributed by atoms with van der Waals surface area (Å²) < 4.78 is 7.87. The molecule has 0 N–H and O–H groups in total. The maximum absolute atomic E-state index is 12.4. The first kappa shape index (κ1) is 15.9. The van der Waals surface area contributed by atoms with Crippen LogP contribution in [0.25, 0.3) is 0 Å². The van der Waals surface area contributed by atoms with Crippen molar-refractivity contribution in [3.05, 3.63) is 29.9 Å². The molecule has 3 aliphatic rings. The molecule has 2 fully saturated rings. The van der Waals surface area contributed by atoms with E-state index in [0.29, 0.717) is 17.7 Å². The van der Waals surface area contributed by atoms with Gasteiger partial charge in [-0.25, -0.2) is 4.98 Å². The van der Waals surface area contributed by atoms with Crippen LogP contribution in [0, 0.1) is 18.8 Å². The fourth-order valence-corrected chi connectivity index (χ4v) is 4.20. The van der Waals surface area contributed by atoms with E-state index in [9.17, 15) is 4.79 Å². The van der Waals surface area contributed by atoms with Crippen molar-refractivity contribution >= 4 is 5.91 Å². The van der Waals surface area contributed by atoms with E-state index in [-0.39, 0.29) is 5.92 Å². The predicted octanol–water partition coefficient (Wildman–Crippen LogP) is 2.51. The van der Waals surface area contributed by atoms with Gasteiger partial charge in [0, 0.05) is 62.5 Å². The predicted molar refractivity (Wildman–Crippen MR) is 91.7 cm³/mol. The van der Waals surface area contributed by atoms with E-state index in [1.807, 2.05) is 11.1 Å². The van der Waals surface area contributed by atoms with E-state index in [0.717, 1.165) is 58.5 Å². The number of allylic oxidation sites excluding steroid dienone is 2. The molecule has 1 aliphatic carbocycles. The maximum Gasteiger partial charge on any atom is 0.226 e. The average molecular weight is 329 g/mol. The Hall–Kier alpha value is -1.62. The largest absolute Gasteiger partial charge is 0.381 e. The Kier molecular flexibility index (Phi) is 4.44. The van der Waals surface area contributed by atoms with Gasteiger partial charge in [0.05, 0.1) is 0 Å². The van der Waals surface area contributed by atoms with Crippen LogP contribution in [-0.4, -0.2) is 46.7 Å². The van der Waals surface area contributed by atoms with Crippen LogP contribution in [0.4, 0.5) is 0 Å². The maximum atomic E-state index is 12.4. The summed E-state index contributed by atoms with van der Waals surface area (Å²) in [7, 11) is 0. The van der Waals surface area contributed by atoms with Gasteiger partial charge in [-0.15, -0.1) is 0 Å². The quantitative estimate of drug-likeness (QED) is 0.798. The second kappa shape index (κ2) is 6.71. The van der Waals surface area contributed by atoms with E-state index < -0.39 is 0 Å². The van der Waals surface area contributed by atoms with Crippen LogP contribution in [0.2, 0.25) is 0 Å². The third-order valence-electron chi connectivity index (χ3n) is 5.74. The van der Waals surface area contributed by atoms with Crippen LogP contribution < -0.4 is 0 Å². The number of imidazole rings is 1. The molecule has 0 atom stereocenters. The number of rotatable bonds is 4. The van der Waals surface area contributed by atoms with Gasteiger partial charge < -0.3 is 14.2 Å². The van der Waals surface area contributed by atoms with Crippen LogP contribution >= 0.6 is 0 Å². The van der Waals surface area contributed by atoms with Crippen LogP contribution in [0.3, 0.4) is 0 Å². The Morgan fingerprint density at radius 3 is 2.67 bits per heavy atom. The molecule has 1 aromatic rings. The standard InChI is InChI=1S/C19H27N3O2/c1-14-10-20-18(16-6-8-24-9-7-16)22(14)13-15-11-21(12-15)19(23)17-4-2-3-5-17/h2-3,10,15-17H,4-9,11-13H2,1H3. The highest BCUT2D eigenvalue weighted by Gasteiger charge is 2.35. The average Bonchev–Trinajstić information content (AvgIpc) is 3.21. The molecule has 0 radical (unpaired) electrons. The first-order valence-corrected chi connectivity index (χ1v) is 9.26. The number of carbonyl (C=O) groups is 1. The second-order valence-corrected chi connectivity index (χ2v) is 7.50. The molecule has 0 aromatic carbocycles. The third kappa shape index (κ3) is 3.02. The minimum absolute atomic E-state index is 0.207.